The largest absolute Gasteiger partial charge is 0.453 e. The van der Waals surface area contributed by atoms with E-state index in [1.807, 2.05) is 38.1 Å². The molecule has 3 rings (SSSR count). The minimum absolute atomic E-state index is 0.188. The SMILES string of the molecule is C=CCNc1nc(C(=O)OCC(=O)c2cc(C)n(CCc3ccccc3)c2C)cs1. The van der Waals surface area contributed by atoms with Crippen LogP contribution in [0.15, 0.2) is 54.4 Å². The fourth-order valence-corrected chi connectivity index (χ4v) is 3.89. The van der Waals surface area contributed by atoms with Gasteiger partial charge in [0, 0.05) is 35.4 Å². The number of rotatable bonds is 10. The van der Waals surface area contributed by atoms with Crippen LogP contribution in [0.25, 0.3) is 0 Å². The topological polar surface area (TPSA) is 73.2 Å². The standard InChI is InChI=1S/C23H25N3O3S/c1-4-11-24-23-25-20(15-30-23)22(28)29-14-21(27)19-13-16(2)26(17(19)3)12-10-18-8-6-5-7-9-18/h4-9,13,15H,1,10-12,14H2,2-3H3,(H,24,25). The second-order valence-electron chi connectivity index (χ2n) is 6.88. The van der Waals surface area contributed by atoms with Gasteiger partial charge in [-0.1, -0.05) is 36.4 Å². The van der Waals surface area contributed by atoms with E-state index in [1.54, 1.807) is 11.5 Å². The molecule has 0 aliphatic carbocycles. The van der Waals surface area contributed by atoms with Gasteiger partial charge in [-0.2, -0.15) is 0 Å². The van der Waals surface area contributed by atoms with E-state index in [9.17, 15) is 9.59 Å². The zero-order valence-corrected chi connectivity index (χ0v) is 18.0. The van der Waals surface area contributed by atoms with Gasteiger partial charge in [-0.3, -0.25) is 4.79 Å². The molecular formula is C23H25N3O3S. The lowest BCUT2D eigenvalue weighted by Gasteiger charge is -2.10. The van der Waals surface area contributed by atoms with E-state index < -0.39 is 5.97 Å². The zero-order chi connectivity index (χ0) is 21.5. The predicted octanol–water partition coefficient (Wildman–Crippen LogP) is 4.44. The molecule has 0 aliphatic rings. The first-order valence-electron chi connectivity index (χ1n) is 9.71. The maximum atomic E-state index is 12.7. The van der Waals surface area contributed by atoms with Gasteiger partial charge in [0.25, 0.3) is 0 Å². The summed E-state index contributed by atoms with van der Waals surface area (Å²) in [5, 5.41) is 5.22. The zero-order valence-electron chi connectivity index (χ0n) is 17.2. The molecule has 0 amide bonds. The monoisotopic (exact) mass is 423 g/mol. The predicted molar refractivity (Wildman–Crippen MR) is 119 cm³/mol. The molecule has 2 heterocycles. The van der Waals surface area contributed by atoms with Gasteiger partial charge in [0.2, 0.25) is 5.78 Å². The fourth-order valence-electron chi connectivity index (χ4n) is 3.20. The lowest BCUT2D eigenvalue weighted by molar-refractivity contribution is 0.0469. The van der Waals surface area contributed by atoms with Gasteiger partial charge in [0.05, 0.1) is 0 Å². The fraction of sp³-hybridized carbons (Fsp3) is 0.261. The van der Waals surface area contributed by atoms with E-state index in [1.165, 1.54) is 16.9 Å². The number of hydrogen-bond acceptors (Lipinski definition) is 6. The number of thiazole rings is 1. The van der Waals surface area contributed by atoms with Crippen molar-refractivity contribution in [3.05, 3.63) is 82.6 Å². The van der Waals surface area contributed by atoms with Crippen molar-refractivity contribution < 1.29 is 14.3 Å². The van der Waals surface area contributed by atoms with Gasteiger partial charge in [-0.05, 0) is 31.9 Å². The van der Waals surface area contributed by atoms with Crippen LogP contribution in [-0.4, -0.2) is 34.5 Å². The highest BCUT2D eigenvalue weighted by atomic mass is 32.1. The maximum absolute atomic E-state index is 12.7. The van der Waals surface area contributed by atoms with Crippen LogP contribution >= 0.6 is 11.3 Å². The molecule has 1 N–H and O–H groups in total. The maximum Gasteiger partial charge on any atom is 0.358 e. The summed E-state index contributed by atoms with van der Waals surface area (Å²) in [5.74, 6) is -0.827. The van der Waals surface area contributed by atoms with Gasteiger partial charge in [-0.25, -0.2) is 9.78 Å². The molecule has 1 aromatic carbocycles. The summed E-state index contributed by atoms with van der Waals surface area (Å²) < 4.78 is 7.32. The van der Waals surface area contributed by atoms with E-state index in [0.717, 1.165) is 24.4 Å². The summed E-state index contributed by atoms with van der Waals surface area (Å²) in [7, 11) is 0. The number of hydrogen-bond donors (Lipinski definition) is 1. The Morgan fingerprint density at radius 2 is 2.03 bits per heavy atom. The van der Waals surface area contributed by atoms with E-state index >= 15 is 0 Å². The Morgan fingerprint density at radius 1 is 1.27 bits per heavy atom. The molecule has 0 aliphatic heterocycles. The van der Waals surface area contributed by atoms with Crippen LogP contribution in [0.5, 0.6) is 0 Å². The van der Waals surface area contributed by atoms with Crippen LogP contribution in [0.3, 0.4) is 0 Å². The highest BCUT2D eigenvalue weighted by molar-refractivity contribution is 7.13. The quantitative estimate of drug-likeness (QED) is 0.296. The molecule has 0 spiro atoms. The van der Waals surface area contributed by atoms with E-state index in [0.29, 0.717) is 17.2 Å². The van der Waals surface area contributed by atoms with Gasteiger partial charge >= 0.3 is 5.97 Å². The molecule has 2 aromatic heterocycles. The highest BCUT2D eigenvalue weighted by Gasteiger charge is 2.19. The van der Waals surface area contributed by atoms with Crippen LogP contribution in [0, 0.1) is 13.8 Å². The highest BCUT2D eigenvalue weighted by Crippen LogP contribution is 2.18. The molecule has 0 saturated heterocycles. The second-order valence-corrected chi connectivity index (χ2v) is 7.74. The molecule has 156 valence electrons. The van der Waals surface area contributed by atoms with Crippen molar-refractivity contribution in [2.75, 3.05) is 18.5 Å². The third-order valence-electron chi connectivity index (χ3n) is 4.79. The van der Waals surface area contributed by atoms with E-state index in [4.69, 9.17) is 4.74 Å². The van der Waals surface area contributed by atoms with Crippen molar-refractivity contribution >= 4 is 28.2 Å². The van der Waals surface area contributed by atoms with Crippen molar-refractivity contribution in [2.24, 2.45) is 0 Å². The third kappa shape index (κ3) is 5.24. The summed E-state index contributed by atoms with van der Waals surface area (Å²) in [6.45, 7) is 8.55. The minimum Gasteiger partial charge on any atom is -0.453 e. The number of benzene rings is 1. The van der Waals surface area contributed by atoms with Gasteiger partial charge in [0.15, 0.2) is 17.4 Å². The number of ether oxygens (including phenoxy) is 1. The lowest BCUT2D eigenvalue weighted by atomic mass is 10.1. The normalized spacial score (nSPS) is 10.6. The Hall–Kier alpha value is -3.19. The van der Waals surface area contributed by atoms with Crippen molar-refractivity contribution in [1.82, 2.24) is 9.55 Å². The van der Waals surface area contributed by atoms with Gasteiger partial charge in [0.1, 0.15) is 0 Å². The summed E-state index contributed by atoms with van der Waals surface area (Å²) in [6.07, 6.45) is 2.58. The molecule has 0 fully saturated rings. The van der Waals surface area contributed by atoms with Crippen LogP contribution in [0.2, 0.25) is 0 Å². The van der Waals surface area contributed by atoms with Crippen LogP contribution in [0.1, 0.15) is 37.8 Å². The Morgan fingerprint density at radius 3 is 2.77 bits per heavy atom. The molecular weight excluding hydrogens is 398 g/mol. The van der Waals surface area contributed by atoms with Crippen molar-refractivity contribution in [2.45, 2.75) is 26.8 Å². The number of carbonyl (C=O) groups excluding carboxylic acids is 2. The average molecular weight is 424 g/mol. The number of nitrogens with one attached hydrogen (secondary N) is 1. The number of aryl methyl sites for hydroxylation is 2. The van der Waals surface area contributed by atoms with Crippen molar-refractivity contribution in [3.8, 4) is 0 Å². The van der Waals surface area contributed by atoms with Crippen molar-refractivity contribution in [3.63, 3.8) is 0 Å². The summed E-state index contributed by atoms with van der Waals surface area (Å²) in [5.41, 5.74) is 3.91. The number of carbonyl (C=O) groups is 2. The first-order valence-corrected chi connectivity index (χ1v) is 10.6. The summed E-state index contributed by atoms with van der Waals surface area (Å²) in [6, 6.07) is 12.1. The number of Topliss-reactive ketones (excluding diaryl/α,β-unsaturated/α-hetero) is 1. The number of nitrogens with zero attached hydrogens (tertiary/aromatic N) is 2. The van der Waals surface area contributed by atoms with Crippen LogP contribution in [-0.2, 0) is 17.7 Å². The Bertz CT molecular complexity index is 1040. The molecule has 0 radical (unpaired) electrons. The number of anilines is 1. The van der Waals surface area contributed by atoms with E-state index in [-0.39, 0.29) is 18.1 Å². The summed E-state index contributed by atoms with van der Waals surface area (Å²) in [4.78, 5) is 29.0. The number of ketones is 1. The summed E-state index contributed by atoms with van der Waals surface area (Å²) >= 11 is 1.30. The van der Waals surface area contributed by atoms with Crippen molar-refractivity contribution in [1.29, 1.82) is 0 Å². The molecule has 6 nitrogen and oxygen atoms in total. The van der Waals surface area contributed by atoms with Gasteiger partial charge < -0.3 is 14.6 Å². The smallest absolute Gasteiger partial charge is 0.358 e. The first-order chi connectivity index (χ1) is 14.5. The number of aromatic nitrogens is 2. The lowest BCUT2D eigenvalue weighted by Crippen LogP contribution is -2.15. The molecule has 0 unspecified atom stereocenters. The number of esters is 1. The van der Waals surface area contributed by atoms with Crippen LogP contribution in [0.4, 0.5) is 5.13 Å². The van der Waals surface area contributed by atoms with Crippen LogP contribution < -0.4 is 5.32 Å². The average Bonchev–Trinajstić information content (AvgIpc) is 3.34. The molecule has 0 bridgehead atoms. The first kappa shape index (κ1) is 21.5. The van der Waals surface area contributed by atoms with E-state index in [2.05, 4.69) is 33.6 Å². The third-order valence-corrected chi connectivity index (χ3v) is 5.59. The molecule has 0 atom stereocenters. The van der Waals surface area contributed by atoms with Gasteiger partial charge in [-0.15, -0.1) is 17.9 Å². The molecule has 3 aromatic rings. The second kappa shape index (κ2) is 10.0. The Balaban J connectivity index is 1.59. The Labute approximate surface area is 180 Å². The molecule has 0 saturated carbocycles. The Kier molecular flexibility index (Phi) is 7.19. The molecule has 7 heteroatoms. The minimum atomic E-state index is -0.607. The molecule has 30 heavy (non-hydrogen) atoms.